The van der Waals surface area contributed by atoms with Crippen LogP contribution in [0.1, 0.15) is 32.3 Å². The summed E-state index contributed by atoms with van der Waals surface area (Å²) in [5.74, 6) is 0. The molecule has 152 valence electrons. The number of nitrogens with zero attached hydrogens (tertiary/aromatic N) is 2. The van der Waals surface area contributed by atoms with Gasteiger partial charge in [-0.3, -0.25) is 10.2 Å². The summed E-state index contributed by atoms with van der Waals surface area (Å²) in [5.41, 5.74) is 1.54. The molecule has 0 saturated carbocycles. The topological polar surface area (TPSA) is 75.0 Å². The number of amides is 1. The second kappa shape index (κ2) is 8.75. The van der Waals surface area contributed by atoms with Gasteiger partial charge in [0.2, 0.25) is 0 Å². The maximum absolute atomic E-state index is 12.1. The second-order valence-electron chi connectivity index (χ2n) is 7.57. The molecule has 7 heteroatoms. The van der Waals surface area contributed by atoms with Crippen molar-refractivity contribution in [2.75, 3.05) is 32.6 Å². The van der Waals surface area contributed by atoms with Gasteiger partial charge in [0.05, 0.1) is 6.61 Å². The zero-order valence-electron chi connectivity index (χ0n) is 17.0. The van der Waals surface area contributed by atoms with E-state index in [2.05, 4.69) is 36.1 Å². The number of hydrogen-bond donors (Lipinski definition) is 1. The van der Waals surface area contributed by atoms with Crippen LogP contribution in [0.2, 0.25) is 0 Å². The van der Waals surface area contributed by atoms with Gasteiger partial charge in [0, 0.05) is 41.8 Å². The number of carbonyl (C=O) groups is 1. The SMILES string of the molecule is CCOC(=O)Nc1ccc2c(CN(C)[C@H]3CCN(C)[C@@H](C)C3)cc(=O)oc2c1. The van der Waals surface area contributed by atoms with E-state index in [0.717, 1.165) is 30.3 Å². The van der Waals surface area contributed by atoms with Crippen LogP contribution in [0.5, 0.6) is 0 Å². The summed E-state index contributed by atoms with van der Waals surface area (Å²) in [6.07, 6.45) is 1.70. The zero-order chi connectivity index (χ0) is 20.3. The summed E-state index contributed by atoms with van der Waals surface area (Å²) in [6, 6.07) is 7.93. The Morgan fingerprint density at radius 3 is 2.89 bits per heavy atom. The van der Waals surface area contributed by atoms with E-state index in [0.29, 0.717) is 36.5 Å². The van der Waals surface area contributed by atoms with Crippen LogP contribution in [0.15, 0.2) is 33.5 Å². The quantitative estimate of drug-likeness (QED) is 0.794. The third-order valence-corrected chi connectivity index (χ3v) is 5.58. The second-order valence-corrected chi connectivity index (χ2v) is 7.57. The van der Waals surface area contributed by atoms with Crippen molar-refractivity contribution in [1.82, 2.24) is 9.80 Å². The molecular weight excluding hydrogens is 358 g/mol. The van der Waals surface area contributed by atoms with Crippen molar-refractivity contribution in [2.45, 2.75) is 45.3 Å². The van der Waals surface area contributed by atoms with Crippen LogP contribution in [0, 0.1) is 0 Å². The average Bonchev–Trinajstić information content (AvgIpc) is 2.63. The molecule has 0 spiro atoms. The number of anilines is 1. The van der Waals surface area contributed by atoms with Gasteiger partial charge in [-0.1, -0.05) is 0 Å². The molecule has 7 nitrogen and oxygen atoms in total. The lowest BCUT2D eigenvalue weighted by atomic mass is 9.97. The van der Waals surface area contributed by atoms with Gasteiger partial charge in [-0.05, 0) is 65.0 Å². The molecule has 28 heavy (non-hydrogen) atoms. The molecule has 0 unspecified atom stereocenters. The first-order valence-corrected chi connectivity index (χ1v) is 9.78. The standard InChI is InChI=1S/C21H29N3O4/c1-5-27-21(26)22-16-6-7-18-15(11-20(25)28-19(18)12-16)13-24(4)17-8-9-23(3)14(2)10-17/h6-7,11-12,14,17H,5,8-10,13H2,1-4H3,(H,22,26)/t14-,17-/m0/s1. The van der Waals surface area contributed by atoms with Gasteiger partial charge in [-0.2, -0.15) is 0 Å². The summed E-state index contributed by atoms with van der Waals surface area (Å²) in [6.45, 7) is 6.04. The van der Waals surface area contributed by atoms with E-state index in [1.54, 1.807) is 25.1 Å². The third kappa shape index (κ3) is 4.72. The van der Waals surface area contributed by atoms with Crippen molar-refractivity contribution in [3.8, 4) is 0 Å². The number of benzene rings is 1. The summed E-state index contributed by atoms with van der Waals surface area (Å²) < 4.78 is 10.3. The number of carbonyl (C=O) groups excluding carboxylic acids is 1. The Morgan fingerprint density at radius 1 is 1.39 bits per heavy atom. The fourth-order valence-electron chi connectivity index (χ4n) is 3.79. The number of likely N-dealkylation sites (tertiary alicyclic amines) is 1. The van der Waals surface area contributed by atoms with Crippen LogP contribution in [-0.4, -0.2) is 55.2 Å². The minimum Gasteiger partial charge on any atom is -0.450 e. The van der Waals surface area contributed by atoms with E-state index in [4.69, 9.17) is 9.15 Å². The minimum absolute atomic E-state index is 0.292. The summed E-state index contributed by atoms with van der Waals surface area (Å²) in [4.78, 5) is 28.4. The van der Waals surface area contributed by atoms with Gasteiger partial charge >= 0.3 is 11.7 Å². The first-order chi connectivity index (χ1) is 13.4. The summed E-state index contributed by atoms with van der Waals surface area (Å²) in [5, 5.41) is 3.51. The van der Waals surface area contributed by atoms with Crippen LogP contribution in [0.3, 0.4) is 0 Å². The Balaban J connectivity index is 1.81. The van der Waals surface area contributed by atoms with Crippen molar-refractivity contribution in [3.63, 3.8) is 0 Å². The van der Waals surface area contributed by atoms with Gasteiger partial charge in [-0.15, -0.1) is 0 Å². The summed E-state index contributed by atoms with van der Waals surface area (Å²) in [7, 11) is 4.28. The largest absolute Gasteiger partial charge is 0.450 e. The normalized spacial score (nSPS) is 20.5. The van der Waals surface area contributed by atoms with Crippen LogP contribution in [0.25, 0.3) is 11.0 Å². The van der Waals surface area contributed by atoms with E-state index in [9.17, 15) is 9.59 Å². The van der Waals surface area contributed by atoms with Gasteiger partial charge in [-0.25, -0.2) is 9.59 Å². The van der Waals surface area contributed by atoms with Gasteiger partial charge in [0.1, 0.15) is 5.58 Å². The average molecular weight is 387 g/mol. The van der Waals surface area contributed by atoms with E-state index in [1.165, 1.54) is 0 Å². The lowest BCUT2D eigenvalue weighted by Gasteiger charge is -2.39. The highest BCUT2D eigenvalue weighted by Crippen LogP contribution is 2.25. The predicted molar refractivity (Wildman–Crippen MR) is 110 cm³/mol. The zero-order valence-corrected chi connectivity index (χ0v) is 17.0. The van der Waals surface area contributed by atoms with Gasteiger partial charge in [0.25, 0.3) is 0 Å². The lowest BCUT2D eigenvalue weighted by Crippen LogP contribution is -2.46. The molecule has 1 aromatic heterocycles. The maximum atomic E-state index is 12.1. The highest BCUT2D eigenvalue weighted by Gasteiger charge is 2.26. The van der Waals surface area contributed by atoms with Crippen molar-refractivity contribution in [2.24, 2.45) is 0 Å². The molecule has 1 aromatic carbocycles. The Kier molecular flexibility index (Phi) is 6.36. The fourth-order valence-corrected chi connectivity index (χ4v) is 3.79. The van der Waals surface area contributed by atoms with E-state index in [1.807, 2.05) is 6.07 Å². The van der Waals surface area contributed by atoms with E-state index >= 15 is 0 Å². The molecule has 1 amide bonds. The van der Waals surface area contributed by atoms with Crippen LogP contribution in [-0.2, 0) is 11.3 Å². The summed E-state index contributed by atoms with van der Waals surface area (Å²) >= 11 is 0. The van der Waals surface area contributed by atoms with Crippen LogP contribution < -0.4 is 10.9 Å². The number of fused-ring (bicyclic) bond motifs is 1. The molecule has 2 heterocycles. The van der Waals surface area contributed by atoms with Gasteiger partial charge < -0.3 is 14.1 Å². The number of nitrogens with one attached hydrogen (secondary N) is 1. The van der Waals surface area contributed by atoms with E-state index < -0.39 is 6.09 Å². The molecule has 1 saturated heterocycles. The molecule has 2 atom stereocenters. The molecule has 1 aliphatic heterocycles. The van der Waals surface area contributed by atoms with Crippen molar-refractivity contribution in [1.29, 1.82) is 0 Å². The minimum atomic E-state index is -0.531. The molecule has 3 rings (SSSR count). The number of hydrogen-bond acceptors (Lipinski definition) is 6. The highest BCUT2D eigenvalue weighted by atomic mass is 16.5. The number of ether oxygens (including phenoxy) is 1. The molecule has 1 N–H and O–H groups in total. The Labute approximate surface area is 165 Å². The van der Waals surface area contributed by atoms with Crippen LogP contribution >= 0.6 is 0 Å². The predicted octanol–water partition coefficient (Wildman–Crippen LogP) is 3.28. The maximum Gasteiger partial charge on any atom is 0.411 e. The Bertz CT molecular complexity index is 895. The van der Waals surface area contributed by atoms with Crippen molar-refractivity contribution < 1.29 is 13.9 Å². The molecule has 1 aliphatic rings. The van der Waals surface area contributed by atoms with Crippen molar-refractivity contribution >= 4 is 22.7 Å². The number of rotatable bonds is 5. The fraction of sp³-hybridized carbons (Fsp3) is 0.524. The molecule has 0 aliphatic carbocycles. The molecule has 0 bridgehead atoms. The first kappa shape index (κ1) is 20.4. The van der Waals surface area contributed by atoms with E-state index in [-0.39, 0.29) is 5.63 Å². The molecule has 0 radical (unpaired) electrons. The van der Waals surface area contributed by atoms with Gasteiger partial charge in [0.15, 0.2) is 0 Å². The molecule has 1 fully saturated rings. The molecular formula is C21H29N3O4. The smallest absolute Gasteiger partial charge is 0.411 e. The lowest BCUT2D eigenvalue weighted by molar-refractivity contribution is 0.101. The molecule has 2 aromatic rings. The number of piperidine rings is 1. The monoisotopic (exact) mass is 387 g/mol. The Hall–Kier alpha value is -2.38. The van der Waals surface area contributed by atoms with Crippen LogP contribution in [0.4, 0.5) is 10.5 Å². The van der Waals surface area contributed by atoms with Crippen molar-refractivity contribution in [3.05, 3.63) is 40.2 Å². The first-order valence-electron chi connectivity index (χ1n) is 9.78. The Morgan fingerprint density at radius 2 is 2.18 bits per heavy atom. The third-order valence-electron chi connectivity index (χ3n) is 5.58. The highest BCUT2D eigenvalue weighted by molar-refractivity contribution is 5.89.